The maximum absolute atomic E-state index is 11.9. The molecule has 5 heteroatoms. The summed E-state index contributed by atoms with van der Waals surface area (Å²) in [5.41, 5.74) is 6.27. The third-order valence-corrected chi connectivity index (χ3v) is 4.59. The second-order valence-corrected chi connectivity index (χ2v) is 6.19. The standard InChI is InChI=1S/C11H14BrNO2S/c12-10-5-9(13)3-4-11(10)16(14)7-15-6-8-1-2-8/h3-5,8H,1-2,6-7,13H2. The molecule has 1 fully saturated rings. The average Bonchev–Trinajstić information content (AvgIpc) is 3.01. The topological polar surface area (TPSA) is 52.3 Å². The molecular formula is C11H14BrNO2S. The van der Waals surface area contributed by atoms with Crippen LogP contribution in [0.4, 0.5) is 5.69 Å². The Hall–Kier alpha value is -0.390. The summed E-state index contributed by atoms with van der Waals surface area (Å²) in [6.45, 7) is 0.734. The van der Waals surface area contributed by atoms with Gasteiger partial charge in [-0.05, 0) is 52.9 Å². The average molecular weight is 304 g/mol. The van der Waals surface area contributed by atoms with E-state index in [2.05, 4.69) is 15.9 Å². The van der Waals surface area contributed by atoms with Crippen LogP contribution in [0.25, 0.3) is 0 Å². The molecule has 88 valence electrons. The molecule has 2 N–H and O–H groups in total. The molecule has 0 radical (unpaired) electrons. The van der Waals surface area contributed by atoms with Gasteiger partial charge in [0.2, 0.25) is 0 Å². The number of hydrogen-bond acceptors (Lipinski definition) is 3. The van der Waals surface area contributed by atoms with E-state index in [4.69, 9.17) is 10.5 Å². The van der Waals surface area contributed by atoms with Gasteiger partial charge in [0.15, 0.2) is 0 Å². The van der Waals surface area contributed by atoms with Gasteiger partial charge in [0, 0.05) is 10.2 Å². The third-order valence-electron chi connectivity index (χ3n) is 2.44. The van der Waals surface area contributed by atoms with Crippen molar-refractivity contribution in [1.82, 2.24) is 0 Å². The van der Waals surface area contributed by atoms with Gasteiger partial charge in [0.25, 0.3) is 0 Å². The maximum atomic E-state index is 11.9. The highest BCUT2D eigenvalue weighted by molar-refractivity contribution is 9.10. The predicted octanol–water partition coefficient (Wildman–Crippen LogP) is 2.52. The Bertz CT molecular complexity index is 407. The normalized spacial score (nSPS) is 17.3. The second-order valence-electron chi connectivity index (χ2n) is 3.97. The predicted molar refractivity (Wildman–Crippen MR) is 68.5 cm³/mol. The van der Waals surface area contributed by atoms with Crippen molar-refractivity contribution in [3.8, 4) is 0 Å². The Morgan fingerprint density at radius 2 is 2.25 bits per heavy atom. The van der Waals surface area contributed by atoms with Crippen molar-refractivity contribution in [3.63, 3.8) is 0 Å². The minimum Gasteiger partial charge on any atom is -0.399 e. The summed E-state index contributed by atoms with van der Waals surface area (Å²) in [5, 5.41) is 0. The Morgan fingerprint density at radius 3 is 2.88 bits per heavy atom. The molecule has 1 aliphatic carbocycles. The lowest BCUT2D eigenvalue weighted by Crippen LogP contribution is -2.05. The molecule has 0 saturated heterocycles. The van der Waals surface area contributed by atoms with E-state index >= 15 is 0 Å². The van der Waals surface area contributed by atoms with E-state index in [9.17, 15) is 4.21 Å². The second kappa shape index (κ2) is 5.29. The molecule has 1 unspecified atom stereocenters. The Labute approximate surface area is 106 Å². The van der Waals surface area contributed by atoms with Crippen LogP contribution in [0.2, 0.25) is 0 Å². The zero-order valence-corrected chi connectivity index (χ0v) is 11.2. The lowest BCUT2D eigenvalue weighted by Gasteiger charge is -2.06. The van der Waals surface area contributed by atoms with Gasteiger partial charge >= 0.3 is 0 Å². The molecule has 1 atom stereocenters. The van der Waals surface area contributed by atoms with Gasteiger partial charge in [-0.1, -0.05) is 0 Å². The molecule has 1 aromatic rings. The number of nitrogen functional groups attached to an aromatic ring is 1. The van der Waals surface area contributed by atoms with E-state index in [-0.39, 0.29) is 5.94 Å². The summed E-state index contributed by atoms with van der Waals surface area (Å²) in [4.78, 5) is 0.741. The molecular weight excluding hydrogens is 290 g/mol. The molecule has 3 nitrogen and oxygen atoms in total. The first-order chi connectivity index (χ1) is 7.66. The van der Waals surface area contributed by atoms with Gasteiger partial charge < -0.3 is 10.5 Å². The quantitative estimate of drug-likeness (QED) is 0.851. The zero-order valence-electron chi connectivity index (χ0n) is 8.82. The smallest absolute Gasteiger partial charge is 0.126 e. The monoisotopic (exact) mass is 303 g/mol. The van der Waals surface area contributed by atoms with Gasteiger partial charge in [-0.3, -0.25) is 4.21 Å². The van der Waals surface area contributed by atoms with Crippen LogP contribution in [0.3, 0.4) is 0 Å². The molecule has 0 spiro atoms. The summed E-state index contributed by atoms with van der Waals surface area (Å²) >= 11 is 3.35. The number of rotatable bonds is 5. The molecule has 0 aliphatic heterocycles. The van der Waals surface area contributed by atoms with Crippen molar-refractivity contribution < 1.29 is 8.95 Å². The van der Waals surface area contributed by atoms with Crippen molar-refractivity contribution >= 4 is 32.4 Å². The van der Waals surface area contributed by atoms with Crippen LogP contribution in [0.5, 0.6) is 0 Å². The lowest BCUT2D eigenvalue weighted by molar-refractivity contribution is 0.168. The fraction of sp³-hybridized carbons (Fsp3) is 0.455. The zero-order chi connectivity index (χ0) is 11.5. The van der Waals surface area contributed by atoms with E-state index in [1.165, 1.54) is 12.8 Å². The first-order valence-corrected chi connectivity index (χ1v) is 7.29. The van der Waals surface area contributed by atoms with E-state index < -0.39 is 10.8 Å². The minimum atomic E-state index is -1.12. The molecule has 0 aromatic heterocycles. The fourth-order valence-electron chi connectivity index (χ4n) is 1.34. The molecule has 16 heavy (non-hydrogen) atoms. The Balaban J connectivity index is 1.91. The number of anilines is 1. The number of benzene rings is 1. The molecule has 1 aliphatic rings. The highest BCUT2D eigenvalue weighted by Gasteiger charge is 2.21. The molecule has 1 saturated carbocycles. The van der Waals surface area contributed by atoms with Crippen molar-refractivity contribution in [2.45, 2.75) is 17.7 Å². The van der Waals surface area contributed by atoms with Crippen LogP contribution in [-0.2, 0) is 15.5 Å². The lowest BCUT2D eigenvalue weighted by atomic mass is 10.3. The van der Waals surface area contributed by atoms with Crippen LogP contribution >= 0.6 is 15.9 Å². The summed E-state index contributed by atoms with van der Waals surface area (Å²) in [6, 6.07) is 5.28. The van der Waals surface area contributed by atoms with Gasteiger partial charge in [-0.25, -0.2) is 0 Å². The van der Waals surface area contributed by atoms with E-state index in [0.29, 0.717) is 11.6 Å². The van der Waals surface area contributed by atoms with E-state index in [1.54, 1.807) is 18.2 Å². The van der Waals surface area contributed by atoms with Gasteiger partial charge in [-0.2, -0.15) is 0 Å². The third kappa shape index (κ3) is 3.30. The molecule has 2 rings (SSSR count). The van der Waals surface area contributed by atoms with Crippen molar-refractivity contribution in [1.29, 1.82) is 0 Å². The Kier molecular flexibility index (Phi) is 4.00. The number of hydrogen-bond donors (Lipinski definition) is 1. The van der Waals surface area contributed by atoms with Crippen LogP contribution in [0.15, 0.2) is 27.6 Å². The molecule has 1 aromatic carbocycles. The van der Waals surface area contributed by atoms with Gasteiger partial charge in [0.1, 0.15) is 5.94 Å². The highest BCUT2D eigenvalue weighted by atomic mass is 79.9. The summed E-state index contributed by atoms with van der Waals surface area (Å²) in [7, 11) is -1.12. The van der Waals surface area contributed by atoms with Crippen molar-refractivity contribution in [2.24, 2.45) is 5.92 Å². The largest absolute Gasteiger partial charge is 0.399 e. The summed E-state index contributed by atoms with van der Waals surface area (Å²) < 4.78 is 18.1. The van der Waals surface area contributed by atoms with Crippen molar-refractivity contribution in [3.05, 3.63) is 22.7 Å². The molecule has 0 bridgehead atoms. The van der Waals surface area contributed by atoms with Crippen LogP contribution in [-0.4, -0.2) is 16.8 Å². The highest BCUT2D eigenvalue weighted by Crippen LogP contribution is 2.29. The SMILES string of the molecule is Nc1ccc(S(=O)COCC2CC2)c(Br)c1. The molecule has 0 amide bonds. The number of halogens is 1. The number of nitrogens with two attached hydrogens (primary N) is 1. The minimum absolute atomic E-state index is 0.263. The first-order valence-electron chi connectivity index (χ1n) is 5.18. The fourth-order valence-corrected chi connectivity index (χ4v) is 3.15. The summed E-state index contributed by atoms with van der Waals surface area (Å²) in [5.74, 6) is 0.964. The first kappa shape index (κ1) is 12.1. The Morgan fingerprint density at radius 1 is 1.50 bits per heavy atom. The molecule has 0 heterocycles. The van der Waals surface area contributed by atoms with E-state index in [1.807, 2.05) is 0 Å². The van der Waals surface area contributed by atoms with Crippen LogP contribution < -0.4 is 5.73 Å². The summed E-state index contributed by atoms with van der Waals surface area (Å²) in [6.07, 6.45) is 2.50. The number of ether oxygens (including phenoxy) is 1. The maximum Gasteiger partial charge on any atom is 0.126 e. The van der Waals surface area contributed by atoms with Gasteiger partial charge in [0.05, 0.1) is 22.3 Å². The van der Waals surface area contributed by atoms with Crippen molar-refractivity contribution in [2.75, 3.05) is 18.3 Å². The van der Waals surface area contributed by atoms with E-state index in [0.717, 1.165) is 16.0 Å². The van der Waals surface area contributed by atoms with Gasteiger partial charge in [-0.15, -0.1) is 0 Å². The van der Waals surface area contributed by atoms with Crippen LogP contribution in [0, 0.1) is 5.92 Å². The van der Waals surface area contributed by atoms with Crippen LogP contribution in [0.1, 0.15) is 12.8 Å².